The molecule has 0 saturated heterocycles. The maximum atomic E-state index is 11.9. The van der Waals surface area contributed by atoms with Gasteiger partial charge in [0.15, 0.2) is 5.70 Å². The van der Waals surface area contributed by atoms with Crippen LogP contribution < -0.4 is 0 Å². The number of hydrogen-bond donors (Lipinski definition) is 0. The molecule has 4 nitrogen and oxygen atoms in total. The van der Waals surface area contributed by atoms with Crippen LogP contribution in [0.25, 0.3) is 6.08 Å². The second-order valence-electron chi connectivity index (χ2n) is 4.93. The minimum atomic E-state index is -0.436. The molecule has 1 aliphatic rings. The zero-order valence-corrected chi connectivity index (χ0v) is 12.8. The van der Waals surface area contributed by atoms with Crippen LogP contribution in [0.3, 0.4) is 0 Å². The van der Waals surface area contributed by atoms with Crippen molar-refractivity contribution in [1.82, 2.24) is 4.98 Å². The highest BCUT2D eigenvalue weighted by Gasteiger charge is 2.24. The third-order valence-electron chi connectivity index (χ3n) is 3.30. The van der Waals surface area contributed by atoms with E-state index in [4.69, 9.17) is 4.74 Å². The van der Waals surface area contributed by atoms with Gasteiger partial charge < -0.3 is 4.74 Å². The molecular formula is C16H14N2O2S. The van der Waals surface area contributed by atoms with Crippen LogP contribution in [-0.4, -0.2) is 16.9 Å². The Kier molecular flexibility index (Phi) is 3.43. The molecule has 0 radical (unpaired) electrons. The summed E-state index contributed by atoms with van der Waals surface area (Å²) in [5, 5.41) is 2.84. The highest BCUT2D eigenvalue weighted by molar-refractivity contribution is 7.09. The van der Waals surface area contributed by atoms with Crippen molar-refractivity contribution < 1.29 is 9.53 Å². The van der Waals surface area contributed by atoms with Crippen LogP contribution in [0.15, 0.2) is 34.3 Å². The summed E-state index contributed by atoms with van der Waals surface area (Å²) in [5.74, 6) is -0.0878. The Balaban J connectivity index is 1.95. The first kappa shape index (κ1) is 13.7. The number of hydrogen-bond acceptors (Lipinski definition) is 5. The first-order valence-electron chi connectivity index (χ1n) is 6.55. The van der Waals surface area contributed by atoms with E-state index >= 15 is 0 Å². The minimum absolute atomic E-state index is 0.286. The van der Waals surface area contributed by atoms with Crippen LogP contribution in [0.2, 0.25) is 0 Å². The Morgan fingerprint density at radius 1 is 1.19 bits per heavy atom. The fraction of sp³-hybridized carbons (Fsp3) is 0.188. The number of aromatic nitrogens is 1. The number of benzene rings is 1. The molecule has 0 aliphatic carbocycles. The summed E-state index contributed by atoms with van der Waals surface area (Å²) in [5.41, 5.74) is 4.16. The van der Waals surface area contributed by atoms with Gasteiger partial charge >= 0.3 is 5.97 Å². The number of carbonyl (C=O) groups is 1. The van der Waals surface area contributed by atoms with Crippen molar-refractivity contribution in [3.63, 3.8) is 0 Å². The number of thiazole rings is 1. The predicted molar refractivity (Wildman–Crippen MR) is 83.4 cm³/mol. The van der Waals surface area contributed by atoms with Crippen molar-refractivity contribution in [3.05, 3.63) is 56.7 Å². The summed E-state index contributed by atoms with van der Waals surface area (Å²) < 4.78 is 5.25. The summed E-state index contributed by atoms with van der Waals surface area (Å²) in [6, 6.07) is 5.87. The lowest BCUT2D eigenvalue weighted by molar-refractivity contribution is -0.129. The number of rotatable bonds is 2. The zero-order chi connectivity index (χ0) is 15.0. The average Bonchev–Trinajstić information content (AvgIpc) is 3.00. The number of aliphatic imine (C=N–C) groups is 1. The van der Waals surface area contributed by atoms with E-state index < -0.39 is 5.97 Å². The van der Waals surface area contributed by atoms with E-state index in [1.54, 1.807) is 6.08 Å². The van der Waals surface area contributed by atoms with Crippen LogP contribution in [0.5, 0.6) is 0 Å². The van der Waals surface area contributed by atoms with Gasteiger partial charge in [0.25, 0.3) is 0 Å². The number of esters is 1. The maximum absolute atomic E-state index is 11.9. The summed E-state index contributed by atoms with van der Waals surface area (Å²) in [6.07, 6.45) is 1.65. The predicted octanol–water partition coefficient (Wildman–Crippen LogP) is 3.41. The molecule has 0 fully saturated rings. The second kappa shape index (κ2) is 5.26. The lowest BCUT2D eigenvalue weighted by Gasteiger charge is -2.03. The fourth-order valence-corrected chi connectivity index (χ4v) is 2.56. The molecular weight excluding hydrogens is 284 g/mol. The molecule has 2 aromatic rings. The van der Waals surface area contributed by atoms with Gasteiger partial charge in [-0.15, -0.1) is 11.3 Å². The Bertz CT molecular complexity index is 787. The highest BCUT2D eigenvalue weighted by atomic mass is 32.1. The molecule has 1 aromatic heterocycles. The molecule has 0 spiro atoms. The van der Waals surface area contributed by atoms with Crippen LogP contribution in [0, 0.1) is 20.8 Å². The molecule has 0 unspecified atom stereocenters. The second-order valence-corrected chi connectivity index (χ2v) is 5.99. The molecule has 2 heterocycles. The van der Waals surface area contributed by atoms with Gasteiger partial charge in [0.1, 0.15) is 0 Å². The van der Waals surface area contributed by atoms with Crippen molar-refractivity contribution in [2.75, 3.05) is 0 Å². The van der Waals surface area contributed by atoms with Crippen molar-refractivity contribution in [1.29, 1.82) is 0 Å². The van der Waals surface area contributed by atoms with E-state index in [-0.39, 0.29) is 5.70 Å². The lowest BCUT2D eigenvalue weighted by atomic mass is 10.1. The van der Waals surface area contributed by atoms with Crippen LogP contribution in [-0.2, 0) is 9.53 Å². The third kappa shape index (κ3) is 2.78. The van der Waals surface area contributed by atoms with E-state index in [1.807, 2.05) is 44.4 Å². The smallest absolute Gasteiger partial charge is 0.363 e. The molecule has 1 aliphatic heterocycles. The summed E-state index contributed by atoms with van der Waals surface area (Å²) in [7, 11) is 0. The normalized spacial score (nSPS) is 16.2. The van der Waals surface area contributed by atoms with Crippen LogP contribution in [0.1, 0.15) is 27.4 Å². The monoisotopic (exact) mass is 298 g/mol. The minimum Gasteiger partial charge on any atom is -0.402 e. The number of nitrogens with zero attached hydrogens (tertiary/aromatic N) is 2. The fourth-order valence-electron chi connectivity index (χ4n) is 1.99. The summed E-state index contributed by atoms with van der Waals surface area (Å²) in [6.45, 7) is 5.98. The molecule has 0 saturated carbocycles. The van der Waals surface area contributed by atoms with E-state index in [1.165, 1.54) is 16.9 Å². The van der Waals surface area contributed by atoms with Gasteiger partial charge in [-0.3, -0.25) is 0 Å². The molecule has 106 valence electrons. The third-order valence-corrected chi connectivity index (χ3v) is 4.09. The number of aryl methyl sites for hydroxylation is 3. The quantitative estimate of drug-likeness (QED) is 0.630. The molecule has 5 heteroatoms. The number of carbonyl (C=O) groups excluding carboxylic acids is 1. The maximum Gasteiger partial charge on any atom is 0.363 e. The van der Waals surface area contributed by atoms with Gasteiger partial charge in [-0.25, -0.2) is 14.8 Å². The Morgan fingerprint density at radius 3 is 2.67 bits per heavy atom. The van der Waals surface area contributed by atoms with Crippen molar-refractivity contribution in [2.45, 2.75) is 20.8 Å². The van der Waals surface area contributed by atoms with E-state index in [0.717, 1.165) is 21.8 Å². The molecule has 21 heavy (non-hydrogen) atoms. The van der Waals surface area contributed by atoms with Crippen molar-refractivity contribution in [3.8, 4) is 0 Å². The van der Waals surface area contributed by atoms with E-state index in [9.17, 15) is 4.79 Å². The molecule has 0 amide bonds. The van der Waals surface area contributed by atoms with Gasteiger partial charge in [0, 0.05) is 10.9 Å². The van der Waals surface area contributed by atoms with Gasteiger partial charge in [-0.2, -0.15) is 0 Å². The molecule has 3 rings (SSSR count). The Labute approximate surface area is 126 Å². The van der Waals surface area contributed by atoms with Gasteiger partial charge in [0.2, 0.25) is 5.90 Å². The van der Waals surface area contributed by atoms with Gasteiger partial charge in [-0.05, 0) is 50.1 Å². The highest BCUT2D eigenvalue weighted by Crippen LogP contribution is 2.21. The van der Waals surface area contributed by atoms with Gasteiger partial charge in [0.05, 0.1) is 10.7 Å². The average molecular weight is 298 g/mol. The van der Waals surface area contributed by atoms with Crippen LogP contribution in [0.4, 0.5) is 0 Å². The summed E-state index contributed by atoms with van der Waals surface area (Å²) in [4.78, 5) is 20.5. The van der Waals surface area contributed by atoms with Crippen LogP contribution >= 0.6 is 11.3 Å². The molecule has 1 aromatic carbocycles. The standard InChI is InChI=1S/C16H14N2O2S/c1-9-4-5-12(6-10(9)2)15-18-14(16(19)20-15)7-13-8-21-11(3)17-13/h4-8H,1-3H3/b14-7-. The molecule has 0 atom stereocenters. The molecule has 0 bridgehead atoms. The van der Waals surface area contributed by atoms with E-state index in [0.29, 0.717) is 5.90 Å². The Hall–Kier alpha value is -2.27. The van der Waals surface area contributed by atoms with Crippen molar-refractivity contribution >= 4 is 29.3 Å². The number of ether oxygens (including phenoxy) is 1. The topological polar surface area (TPSA) is 51.6 Å². The zero-order valence-electron chi connectivity index (χ0n) is 12.0. The van der Waals surface area contributed by atoms with E-state index in [2.05, 4.69) is 9.98 Å². The Morgan fingerprint density at radius 2 is 2.00 bits per heavy atom. The number of cyclic esters (lactones) is 1. The lowest BCUT2D eigenvalue weighted by Crippen LogP contribution is -2.05. The van der Waals surface area contributed by atoms with Crippen molar-refractivity contribution in [2.24, 2.45) is 4.99 Å². The largest absolute Gasteiger partial charge is 0.402 e. The first-order valence-corrected chi connectivity index (χ1v) is 7.43. The molecule has 0 N–H and O–H groups in total. The SMILES string of the molecule is Cc1nc(/C=C2\N=C(c3ccc(C)c(C)c3)OC2=O)cs1. The first-order chi connectivity index (χ1) is 10.0. The van der Waals surface area contributed by atoms with Gasteiger partial charge in [-0.1, -0.05) is 6.07 Å². The summed E-state index contributed by atoms with van der Waals surface area (Å²) >= 11 is 1.53.